The highest BCUT2D eigenvalue weighted by atomic mass is 28.4. The van der Waals surface area contributed by atoms with Crippen LogP contribution in [-0.4, -0.2) is 20.0 Å². The van der Waals surface area contributed by atoms with Gasteiger partial charge in [0.05, 0.1) is 12.7 Å². The average molecular weight is 343 g/mol. The SMILES string of the molecule is CC(C)(C)[Si](C)(C)O[C@@H](c1ccccc1)[C@H](CO)c1ccccc1. The molecule has 0 saturated heterocycles. The van der Waals surface area contributed by atoms with E-state index in [1.165, 1.54) is 0 Å². The highest BCUT2D eigenvalue weighted by molar-refractivity contribution is 6.74. The van der Waals surface area contributed by atoms with Gasteiger partial charge in [0.25, 0.3) is 0 Å². The largest absolute Gasteiger partial charge is 0.409 e. The first-order valence-electron chi connectivity index (χ1n) is 8.65. The smallest absolute Gasteiger partial charge is 0.192 e. The van der Waals surface area contributed by atoms with Crippen molar-refractivity contribution >= 4 is 8.32 Å². The van der Waals surface area contributed by atoms with Gasteiger partial charge in [-0.3, -0.25) is 0 Å². The first kappa shape index (κ1) is 18.9. The van der Waals surface area contributed by atoms with E-state index in [9.17, 15) is 5.11 Å². The molecule has 0 saturated carbocycles. The van der Waals surface area contributed by atoms with Crippen molar-refractivity contribution in [3.8, 4) is 0 Å². The van der Waals surface area contributed by atoms with Gasteiger partial charge in [-0.05, 0) is 29.3 Å². The van der Waals surface area contributed by atoms with Gasteiger partial charge >= 0.3 is 0 Å². The standard InChI is InChI=1S/C21H30O2Si/c1-21(2,3)24(4,5)23-20(18-14-10-7-11-15-18)19(16-22)17-12-8-6-9-13-17/h6-15,19-20,22H,16H2,1-5H3/t19-,20+/m1/s1. The van der Waals surface area contributed by atoms with Crippen LogP contribution in [0.2, 0.25) is 18.1 Å². The summed E-state index contributed by atoms with van der Waals surface area (Å²) in [5.74, 6) is -0.0669. The van der Waals surface area contributed by atoms with Crippen LogP contribution in [0.3, 0.4) is 0 Å². The van der Waals surface area contributed by atoms with E-state index in [-0.39, 0.29) is 23.7 Å². The quantitative estimate of drug-likeness (QED) is 0.700. The molecule has 0 radical (unpaired) electrons. The molecular weight excluding hydrogens is 312 g/mol. The molecule has 130 valence electrons. The summed E-state index contributed by atoms with van der Waals surface area (Å²) in [6, 6.07) is 20.5. The summed E-state index contributed by atoms with van der Waals surface area (Å²) >= 11 is 0. The summed E-state index contributed by atoms with van der Waals surface area (Å²) < 4.78 is 6.77. The fraction of sp³-hybridized carbons (Fsp3) is 0.429. The van der Waals surface area contributed by atoms with Crippen LogP contribution < -0.4 is 0 Å². The molecule has 1 N–H and O–H groups in total. The molecule has 0 bridgehead atoms. The van der Waals surface area contributed by atoms with E-state index in [0.29, 0.717) is 0 Å². The number of aliphatic hydroxyl groups is 1. The lowest BCUT2D eigenvalue weighted by molar-refractivity contribution is 0.114. The first-order chi connectivity index (χ1) is 11.3. The topological polar surface area (TPSA) is 29.5 Å². The van der Waals surface area contributed by atoms with Gasteiger partial charge in [0.15, 0.2) is 8.32 Å². The Balaban J connectivity index is 2.43. The molecule has 2 aromatic carbocycles. The third-order valence-electron chi connectivity index (χ3n) is 5.15. The molecule has 0 aliphatic rings. The molecule has 0 heterocycles. The number of hydrogen-bond acceptors (Lipinski definition) is 2. The number of rotatable bonds is 6. The second-order valence-electron chi connectivity index (χ2n) is 7.91. The summed E-state index contributed by atoms with van der Waals surface area (Å²) in [5, 5.41) is 10.3. The van der Waals surface area contributed by atoms with Crippen LogP contribution in [0.1, 0.15) is 43.9 Å². The maximum Gasteiger partial charge on any atom is 0.192 e. The highest BCUT2D eigenvalue weighted by Gasteiger charge is 2.41. The van der Waals surface area contributed by atoms with E-state index in [2.05, 4.69) is 58.1 Å². The summed E-state index contributed by atoms with van der Waals surface area (Å²) in [5.41, 5.74) is 2.25. The van der Waals surface area contributed by atoms with Crippen molar-refractivity contribution in [1.29, 1.82) is 0 Å². The Hall–Kier alpha value is -1.42. The van der Waals surface area contributed by atoms with Gasteiger partial charge in [0, 0.05) is 5.92 Å². The molecule has 0 aromatic heterocycles. The predicted octanol–water partition coefficient (Wildman–Crippen LogP) is 5.53. The van der Waals surface area contributed by atoms with E-state index in [0.717, 1.165) is 11.1 Å². The lowest BCUT2D eigenvalue weighted by Crippen LogP contribution is -2.43. The van der Waals surface area contributed by atoms with Crippen molar-refractivity contribution in [3.05, 3.63) is 71.8 Å². The third-order valence-corrected chi connectivity index (χ3v) is 9.60. The Morgan fingerprint density at radius 3 is 1.75 bits per heavy atom. The molecule has 0 amide bonds. The zero-order chi connectivity index (χ0) is 17.8. The zero-order valence-corrected chi connectivity index (χ0v) is 16.5. The Kier molecular flexibility index (Phi) is 6.02. The van der Waals surface area contributed by atoms with Gasteiger partial charge in [0.1, 0.15) is 0 Å². The van der Waals surface area contributed by atoms with E-state index < -0.39 is 8.32 Å². The Morgan fingerprint density at radius 1 is 0.875 bits per heavy atom. The molecular formula is C21H30O2Si. The van der Waals surface area contributed by atoms with E-state index >= 15 is 0 Å². The molecule has 2 nitrogen and oxygen atoms in total. The van der Waals surface area contributed by atoms with Crippen LogP contribution in [0.4, 0.5) is 0 Å². The van der Waals surface area contributed by atoms with Gasteiger partial charge in [-0.25, -0.2) is 0 Å². The molecule has 0 spiro atoms. The van der Waals surface area contributed by atoms with Crippen LogP contribution >= 0.6 is 0 Å². The minimum Gasteiger partial charge on any atom is -0.409 e. The first-order valence-corrected chi connectivity index (χ1v) is 11.6. The normalized spacial score (nSPS) is 15.1. The number of hydrogen-bond donors (Lipinski definition) is 1. The van der Waals surface area contributed by atoms with E-state index in [4.69, 9.17) is 4.43 Å². The third kappa shape index (κ3) is 4.35. The average Bonchev–Trinajstić information content (AvgIpc) is 2.55. The van der Waals surface area contributed by atoms with Crippen LogP contribution in [-0.2, 0) is 4.43 Å². The van der Waals surface area contributed by atoms with Crippen molar-refractivity contribution in [2.24, 2.45) is 0 Å². The molecule has 2 rings (SSSR count). The number of benzene rings is 2. The minimum atomic E-state index is -1.97. The molecule has 0 unspecified atom stereocenters. The maximum absolute atomic E-state index is 10.1. The van der Waals surface area contributed by atoms with Crippen molar-refractivity contribution in [3.63, 3.8) is 0 Å². The highest BCUT2D eigenvalue weighted by Crippen LogP contribution is 2.43. The van der Waals surface area contributed by atoms with Gasteiger partial charge < -0.3 is 9.53 Å². The van der Waals surface area contributed by atoms with Crippen molar-refractivity contribution in [2.45, 2.75) is 50.9 Å². The second kappa shape index (κ2) is 7.64. The van der Waals surface area contributed by atoms with Crippen molar-refractivity contribution in [2.75, 3.05) is 6.61 Å². The van der Waals surface area contributed by atoms with Crippen LogP contribution in [0, 0.1) is 0 Å². The summed E-state index contributed by atoms with van der Waals surface area (Å²) in [7, 11) is -1.97. The van der Waals surface area contributed by atoms with Crippen LogP contribution in [0.25, 0.3) is 0 Å². The van der Waals surface area contributed by atoms with Crippen molar-refractivity contribution in [1.82, 2.24) is 0 Å². The monoisotopic (exact) mass is 342 g/mol. The van der Waals surface area contributed by atoms with Gasteiger partial charge in [-0.1, -0.05) is 81.4 Å². The Labute approximate surface area is 147 Å². The summed E-state index contributed by atoms with van der Waals surface area (Å²) in [6.07, 6.45) is -0.139. The van der Waals surface area contributed by atoms with Crippen LogP contribution in [0.15, 0.2) is 60.7 Å². The second-order valence-corrected chi connectivity index (χ2v) is 12.7. The Morgan fingerprint density at radius 2 is 1.33 bits per heavy atom. The predicted molar refractivity (Wildman–Crippen MR) is 104 cm³/mol. The van der Waals surface area contributed by atoms with Crippen molar-refractivity contribution < 1.29 is 9.53 Å². The minimum absolute atomic E-state index is 0.0669. The van der Waals surface area contributed by atoms with Gasteiger partial charge in [0.2, 0.25) is 0 Å². The summed E-state index contributed by atoms with van der Waals surface area (Å²) in [6.45, 7) is 11.3. The van der Waals surface area contributed by atoms with Crippen LogP contribution in [0.5, 0.6) is 0 Å². The van der Waals surface area contributed by atoms with E-state index in [1.807, 2.05) is 36.4 Å². The maximum atomic E-state index is 10.1. The lowest BCUT2D eigenvalue weighted by atomic mass is 9.90. The molecule has 24 heavy (non-hydrogen) atoms. The van der Waals surface area contributed by atoms with E-state index in [1.54, 1.807) is 0 Å². The zero-order valence-electron chi connectivity index (χ0n) is 15.5. The number of aliphatic hydroxyl groups excluding tert-OH is 1. The molecule has 0 aliphatic carbocycles. The van der Waals surface area contributed by atoms with Gasteiger partial charge in [-0.2, -0.15) is 0 Å². The Bertz CT molecular complexity index is 617. The molecule has 2 aromatic rings. The summed E-state index contributed by atoms with van der Waals surface area (Å²) in [4.78, 5) is 0. The lowest BCUT2D eigenvalue weighted by Gasteiger charge is -2.41. The molecule has 0 fully saturated rings. The fourth-order valence-electron chi connectivity index (χ4n) is 2.60. The fourth-order valence-corrected chi connectivity index (χ4v) is 3.88. The van der Waals surface area contributed by atoms with Gasteiger partial charge in [-0.15, -0.1) is 0 Å². The molecule has 3 heteroatoms. The molecule has 0 aliphatic heterocycles. The molecule has 2 atom stereocenters.